The van der Waals surface area contributed by atoms with Gasteiger partial charge in [-0.25, -0.2) is 0 Å². The number of aromatic nitrogens is 1. The fraction of sp³-hybridized carbons (Fsp3) is 0.700. The van der Waals surface area contributed by atoms with Crippen LogP contribution in [0.3, 0.4) is 0 Å². The number of hydrogen-bond acceptors (Lipinski definition) is 3. The molecule has 0 saturated heterocycles. The Morgan fingerprint density at radius 2 is 2.21 bits per heavy atom. The first-order chi connectivity index (χ1) is 6.85. The van der Waals surface area contributed by atoms with Crippen molar-refractivity contribution in [2.24, 2.45) is 0 Å². The third kappa shape index (κ3) is 1.73. The van der Waals surface area contributed by atoms with E-state index in [1.54, 1.807) is 7.11 Å². The Bertz CT molecular complexity index is 284. The Balaban J connectivity index is 2.21. The molecule has 1 fully saturated rings. The number of nitrogens with zero attached hydrogens (tertiary/aromatic N) is 1. The summed E-state index contributed by atoms with van der Waals surface area (Å²) in [6, 6.07) is 0. The summed E-state index contributed by atoms with van der Waals surface area (Å²) in [5.41, 5.74) is 0. The molecule has 0 amide bonds. The average Bonchev–Trinajstić information content (AvgIpc) is 2.85. The molecule has 0 bridgehead atoms. The number of hydrogen-bond donors (Lipinski definition) is 0. The Morgan fingerprint density at radius 3 is 2.71 bits per heavy atom. The van der Waals surface area contributed by atoms with E-state index in [2.05, 4.69) is 4.98 Å². The predicted octanol–water partition coefficient (Wildman–Crippen LogP) is 3.08. The van der Waals surface area contributed by atoms with E-state index < -0.39 is 0 Å². The van der Waals surface area contributed by atoms with Crippen molar-refractivity contribution in [3.05, 3.63) is 11.7 Å². The minimum absolute atomic E-state index is 0.322. The highest BCUT2D eigenvalue weighted by molar-refractivity contribution is 6.16. The molecule has 4 heteroatoms. The molecule has 1 saturated carbocycles. The lowest BCUT2D eigenvalue weighted by Gasteiger charge is -2.00. The molecule has 1 aromatic heterocycles. The van der Waals surface area contributed by atoms with Gasteiger partial charge in [0.1, 0.15) is 0 Å². The van der Waals surface area contributed by atoms with Crippen LogP contribution in [0.4, 0.5) is 0 Å². The van der Waals surface area contributed by atoms with E-state index >= 15 is 0 Å². The van der Waals surface area contributed by atoms with Gasteiger partial charge >= 0.3 is 0 Å². The van der Waals surface area contributed by atoms with Crippen molar-refractivity contribution >= 4 is 11.6 Å². The summed E-state index contributed by atoms with van der Waals surface area (Å²) in [7, 11) is 1.59. The molecule has 3 nitrogen and oxygen atoms in total. The molecule has 1 aromatic rings. The van der Waals surface area contributed by atoms with E-state index in [1.807, 2.05) is 0 Å². The van der Waals surface area contributed by atoms with Crippen LogP contribution in [0.1, 0.15) is 43.3 Å². The van der Waals surface area contributed by atoms with Gasteiger partial charge < -0.3 is 9.15 Å². The van der Waals surface area contributed by atoms with Crippen molar-refractivity contribution in [2.75, 3.05) is 7.11 Å². The minimum atomic E-state index is 0.322. The van der Waals surface area contributed by atoms with Crippen LogP contribution in [-0.2, 0) is 5.88 Å². The molecule has 1 aliphatic rings. The largest absolute Gasteiger partial charge is 0.478 e. The maximum absolute atomic E-state index is 5.72. The topological polar surface area (TPSA) is 35.3 Å². The molecule has 0 spiro atoms. The molecular weight excluding hydrogens is 202 g/mol. The van der Waals surface area contributed by atoms with E-state index in [1.165, 1.54) is 25.7 Å². The normalized spacial score (nSPS) is 17.6. The number of rotatable bonds is 3. The summed E-state index contributed by atoms with van der Waals surface area (Å²) in [4.78, 5) is 4.31. The van der Waals surface area contributed by atoms with Gasteiger partial charge in [0.25, 0.3) is 5.88 Å². The van der Waals surface area contributed by atoms with E-state index in [0.29, 0.717) is 23.4 Å². The van der Waals surface area contributed by atoms with Gasteiger partial charge in [-0.15, -0.1) is 11.6 Å². The van der Waals surface area contributed by atoms with E-state index in [-0.39, 0.29) is 0 Å². The maximum Gasteiger partial charge on any atom is 0.257 e. The van der Waals surface area contributed by atoms with Crippen LogP contribution in [0, 0.1) is 0 Å². The molecule has 0 unspecified atom stereocenters. The molecule has 78 valence electrons. The second-order valence-corrected chi connectivity index (χ2v) is 3.87. The Morgan fingerprint density at radius 1 is 1.50 bits per heavy atom. The second kappa shape index (κ2) is 4.22. The first-order valence-electron chi connectivity index (χ1n) is 4.94. The van der Waals surface area contributed by atoms with Crippen LogP contribution in [0.2, 0.25) is 0 Å². The Hall–Kier alpha value is -0.700. The Kier molecular flexibility index (Phi) is 2.96. The molecule has 1 aliphatic carbocycles. The number of ether oxygens (including phenoxy) is 1. The van der Waals surface area contributed by atoms with Gasteiger partial charge in [0.15, 0.2) is 5.76 Å². The first-order valence-corrected chi connectivity index (χ1v) is 5.48. The average molecular weight is 216 g/mol. The SMILES string of the molecule is COc1nc(C2CCCC2)oc1CCl. The molecular formula is C10H14ClNO2. The van der Waals surface area contributed by atoms with E-state index in [9.17, 15) is 0 Å². The van der Waals surface area contributed by atoms with Crippen LogP contribution in [0.5, 0.6) is 5.88 Å². The monoisotopic (exact) mass is 215 g/mol. The minimum Gasteiger partial charge on any atom is -0.478 e. The summed E-state index contributed by atoms with van der Waals surface area (Å²) in [5.74, 6) is 2.79. The molecule has 0 aromatic carbocycles. The third-order valence-corrected chi connectivity index (χ3v) is 2.94. The summed E-state index contributed by atoms with van der Waals surface area (Å²) >= 11 is 5.72. The third-order valence-electron chi connectivity index (χ3n) is 2.70. The maximum atomic E-state index is 5.72. The summed E-state index contributed by atoms with van der Waals surface area (Å²) in [5, 5.41) is 0. The van der Waals surface area contributed by atoms with E-state index in [4.69, 9.17) is 20.8 Å². The summed E-state index contributed by atoms with van der Waals surface area (Å²) in [6.45, 7) is 0. The highest BCUT2D eigenvalue weighted by Gasteiger charge is 2.24. The van der Waals surface area contributed by atoms with Gasteiger partial charge in [-0.3, -0.25) is 0 Å². The first kappa shape index (κ1) is 9.84. The van der Waals surface area contributed by atoms with Crippen LogP contribution in [0.15, 0.2) is 4.42 Å². The molecule has 0 radical (unpaired) electrons. The standard InChI is InChI=1S/C10H14ClNO2/c1-13-10-8(6-11)14-9(12-10)7-4-2-3-5-7/h7H,2-6H2,1H3. The molecule has 1 heterocycles. The van der Waals surface area contributed by atoms with Gasteiger partial charge in [-0.2, -0.15) is 4.98 Å². The van der Waals surface area contributed by atoms with Gasteiger partial charge in [-0.1, -0.05) is 12.8 Å². The van der Waals surface area contributed by atoms with Crippen LogP contribution < -0.4 is 4.74 Å². The lowest BCUT2D eigenvalue weighted by atomic mass is 10.1. The van der Waals surface area contributed by atoms with Crippen LogP contribution >= 0.6 is 11.6 Å². The number of methoxy groups -OCH3 is 1. The van der Waals surface area contributed by atoms with Crippen molar-refractivity contribution in [3.63, 3.8) is 0 Å². The van der Waals surface area contributed by atoms with Crippen molar-refractivity contribution in [1.82, 2.24) is 4.98 Å². The summed E-state index contributed by atoms with van der Waals surface area (Å²) < 4.78 is 10.7. The zero-order valence-electron chi connectivity index (χ0n) is 8.25. The fourth-order valence-electron chi connectivity index (χ4n) is 1.95. The van der Waals surface area contributed by atoms with Crippen LogP contribution in [0.25, 0.3) is 0 Å². The smallest absolute Gasteiger partial charge is 0.257 e. The zero-order chi connectivity index (χ0) is 9.97. The number of oxazole rings is 1. The van der Waals surface area contributed by atoms with Crippen LogP contribution in [-0.4, -0.2) is 12.1 Å². The van der Waals surface area contributed by atoms with Crippen molar-refractivity contribution in [1.29, 1.82) is 0 Å². The lowest BCUT2D eigenvalue weighted by Crippen LogP contribution is -1.92. The van der Waals surface area contributed by atoms with E-state index in [0.717, 1.165) is 5.89 Å². The summed E-state index contributed by atoms with van der Waals surface area (Å²) in [6.07, 6.45) is 4.88. The predicted molar refractivity (Wildman–Crippen MR) is 53.8 cm³/mol. The van der Waals surface area contributed by atoms with Gasteiger partial charge in [0.2, 0.25) is 5.89 Å². The van der Waals surface area contributed by atoms with Crippen molar-refractivity contribution in [3.8, 4) is 5.88 Å². The van der Waals surface area contributed by atoms with Crippen molar-refractivity contribution < 1.29 is 9.15 Å². The Labute approximate surface area is 88.4 Å². The van der Waals surface area contributed by atoms with Crippen molar-refractivity contribution in [2.45, 2.75) is 37.5 Å². The lowest BCUT2D eigenvalue weighted by molar-refractivity contribution is 0.384. The van der Waals surface area contributed by atoms with Gasteiger partial charge in [0.05, 0.1) is 13.0 Å². The highest BCUT2D eigenvalue weighted by atomic mass is 35.5. The number of halogens is 1. The molecule has 0 aliphatic heterocycles. The molecule has 2 rings (SSSR count). The highest BCUT2D eigenvalue weighted by Crippen LogP contribution is 2.36. The molecule has 14 heavy (non-hydrogen) atoms. The zero-order valence-corrected chi connectivity index (χ0v) is 9.01. The fourth-order valence-corrected chi connectivity index (χ4v) is 2.12. The second-order valence-electron chi connectivity index (χ2n) is 3.60. The quantitative estimate of drug-likeness (QED) is 0.727. The van der Waals surface area contributed by atoms with Gasteiger partial charge in [-0.05, 0) is 12.8 Å². The number of alkyl halides is 1. The molecule has 0 atom stereocenters. The molecule has 0 N–H and O–H groups in total. The van der Waals surface area contributed by atoms with Gasteiger partial charge in [0, 0.05) is 5.92 Å².